The number of amides is 1. The lowest BCUT2D eigenvalue weighted by molar-refractivity contribution is -0.131. The Bertz CT molecular complexity index is 761. The molecule has 0 saturated carbocycles. The van der Waals surface area contributed by atoms with Crippen LogP contribution in [0.25, 0.3) is 0 Å². The fraction of sp³-hybridized carbons (Fsp3) is 0.500. The molecule has 130 valence electrons. The Morgan fingerprint density at radius 3 is 2.83 bits per heavy atom. The number of fused-ring (bicyclic) bond motifs is 1. The molecule has 2 aliphatic heterocycles. The quantitative estimate of drug-likeness (QED) is 0.790. The number of hydrogen-bond acceptors (Lipinski definition) is 5. The predicted octanol–water partition coefficient (Wildman–Crippen LogP) is 0.308. The maximum Gasteiger partial charge on any atom is 0.339 e. The number of benzene rings is 1. The van der Waals surface area contributed by atoms with Crippen LogP contribution >= 0.6 is 0 Å². The lowest BCUT2D eigenvalue weighted by Gasteiger charge is -2.32. The molecular weight excluding hydrogens is 332 g/mol. The van der Waals surface area contributed by atoms with Crippen molar-refractivity contribution in [1.29, 1.82) is 0 Å². The molecule has 1 aromatic rings. The van der Waals surface area contributed by atoms with Crippen LogP contribution in [0.3, 0.4) is 0 Å². The van der Waals surface area contributed by atoms with Crippen molar-refractivity contribution < 1.29 is 22.7 Å². The summed E-state index contributed by atoms with van der Waals surface area (Å²) in [6.07, 6.45) is 2.01. The Balaban J connectivity index is 1.65. The van der Waals surface area contributed by atoms with Crippen molar-refractivity contribution in [3.63, 3.8) is 0 Å². The van der Waals surface area contributed by atoms with Crippen molar-refractivity contribution in [2.45, 2.75) is 31.4 Å². The van der Waals surface area contributed by atoms with E-state index in [0.29, 0.717) is 31.4 Å². The van der Waals surface area contributed by atoms with E-state index in [-0.39, 0.29) is 18.5 Å². The van der Waals surface area contributed by atoms with Crippen molar-refractivity contribution in [3.05, 3.63) is 35.4 Å². The molecule has 3 rings (SSSR count). The molecule has 2 atom stereocenters. The molecule has 1 aromatic carbocycles. The number of carbonyl (C=O) groups excluding carboxylic acids is 2. The zero-order chi connectivity index (χ0) is 17.3. The summed E-state index contributed by atoms with van der Waals surface area (Å²) in [6, 6.07) is 6.79. The smallest absolute Gasteiger partial charge is 0.339 e. The van der Waals surface area contributed by atoms with Crippen LogP contribution in [-0.4, -0.2) is 56.1 Å². The molecular formula is C16H20N2O5S. The number of hydrogen-bond donors (Lipinski definition) is 1. The molecule has 0 spiro atoms. The first-order valence-electron chi connectivity index (χ1n) is 7.89. The van der Waals surface area contributed by atoms with Crippen LogP contribution in [0.15, 0.2) is 24.3 Å². The molecule has 8 heteroatoms. The third kappa shape index (κ3) is 3.59. The van der Waals surface area contributed by atoms with E-state index in [1.54, 1.807) is 12.1 Å². The summed E-state index contributed by atoms with van der Waals surface area (Å²) in [5, 5.41) is 2.82. The summed E-state index contributed by atoms with van der Waals surface area (Å²) in [6.45, 7) is 0.721. The highest BCUT2D eigenvalue weighted by Gasteiger charge is 2.33. The van der Waals surface area contributed by atoms with Crippen molar-refractivity contribution in [1.82, 2.24) is 9.62 Å². The standard InChI is InChI=1S/C16H20N2O5S/c1-24(21,22)18-8-4-6-12(10-18)17-15(19)14-9-11-5-2-3-7-13(11)16(20)23-14/h2-3,5,7,12,14H,4,6,8-10H2,1H3,(H,17,19). The van der Waals surface area contributed by atoms with E-state index < -0.39 is 22.1 Å². The number of nitrogens with one attached hydrogen (secondary N) is 1. The van der Waals surface area contributed by atoms with Crippen molar-refractivity contribution >= 4 is 21.9 Å². The van der Waals surface area contributed by atoms with Crippen LogP contribution in [0.1, 0.15) is 28.8 Å². The molecule has 7 nitrogen and oxygen atoms in total. The molecule has 1 N–H and O–H groups in total. The van der Waals surface area contributed by atoms with E-state index in [1.165, 1.54) is 4.31 Å². The van der Waals surface area contributed by atoms with Gasteiger partial charge in [0.25, 0.3) is 5.91 Å². The minimum Gasteiger partial charge on any atom is -0.448 e. The van der Waals surface area contributed by atoms with E-state index in [0.717, 1.165) is 11.8 Å². The van der Waals surface area contributed by atoms with Gasteiger partial charge in [-0.2, -0.15) is 0 Å². The molecule has 0 aliphatic carbocycles. The van der Waals surface area contributed by atoms with Gasteiger partial charge in [0.05, 0.1) is 11.8 Å². The van der Waals surface area contributed by atoms with Crippen LogP contribution in [0, 0.1) is 0 Å². The second kappa shape index (κ2) is 6.52. The molecule has 0 aromatic heterocycles. The average Bonchev–Trinajstić information content (AvgIpc) is 2.54. The summed E-state index contributed by atoms with van der Waals surface area (Å²) in [4.78, 5) is 24.4. The fourth-order valence-electron chi connectivity index (χ4n) is 3.13. The Labute approximate surface area is 141 Å². The van der Waals surface area contributed by atoms with Gasteiger partial charge in [-0.1, -0.05) is 18.2 Å². The number of cyclic esters (lactones) is 1. The lowest BCUT2D eigenvalue weighted by Crippen LogP contribution is -2.52. The zero-order valence-corrected chi connectivity index (χ0v) is 14.2. The molecule has 1 fully saturated rings. The zero-order valence-electron chi connectivity index (χ0n) is 13.4. The Morgan fingerprint density at radius 2 is 2.08 bits per heavy atom. The monoisotopic (exact) mass is 352 g/mol. The average molecular weight is 352 g/mol. The minimum absolute atomic E-state index is 0.252. The van der Waals surface area contributed by atoms with Gasteiger partial charge in [0.1, 0.15) is 0 Å². The highest BCUT2D eigenvalue weighted by Crippen LogP contribution is 2.21. The number of nitrogens with zero attached hydrogens (tertiary/aromatic N) is 1. The largest absolute Gasteiger partial charge is 0.448 e. The SMILES string of the molecule is CS(=O)(=O)N1CCCC(NC(=O)C2Cc3ccccc3C(=O)O2)C1. The van der Waals surface area contributed by atoms with Gasteiger partial charge in [-0.05, 0) is 24.5 Å². The van der Waals surface area contributed by atoms with Crippen molar-refractivity contribution in [2.75, 3.05) is 19.3 Å². The normalized spacial score (nSPS) is 24.8. The summed E-state index contributed by atoms with van der Waals surface area (Å²) in [5.74, 6) is -0.878. The fourth-order valence-corrected chi connectivity index (χ4v) is 4.04. The number of piperidine rings is 1. The number of sulfonamides is 1. The van der Waals surface area contributed by atoms with E-state index >= 15 is 0 Å². The Kier molecular flexibility index (Phi) is 4.60. The van der Waals surface area contributed by atoms with Crippen LogP contribution in [-0.2, 0) is 26.0 Å². The van der Waals surface area contributed by atoms with Crippen LogP contribution in [0.4, 0.5) is 0 Å². The van der Waals surface area contributed by atoms with Gasteiger partial charge in [-0.25, -0.2) is 17.5 Å². The number of esters is 1. The van der Waals surface area contributed by atoms with Crippen LogP contribution in [0.5, 0.6) is 0 Å². The van der Waals surface area contributed by atoms with E-state index in [4.69, 9.17) is 4.74 Å². The maximum absolute atomic E-state index is 12.4. The minimum atomic E-state index is -3.27. The molecule has 24 heavy (non-hydrogen) atoms. The van der Waals surface area contributed by atoms with Gasteiger partial charge in [0, 0.05) is 25.6 Å². The van der Waals surface area contributed by atoms with Crippen molar-refractivity contribution in [3.8, 4) is 0 Å². The molecule has 1 amide bonds. The van der Waals surface area contributed by atoms with Gasteiger partial charge in [0.15, 0.2) is 6.10 Å². The lowest BCUT2D eigenvalue weighted by atomic mass is 9.98. The summed E-state index contributed by atoms with van der Waals surface area (Å²) in [7, 11) is -3.27. The summed E-state index contributed by atoms with van der Waals surface area (Å²) in [5.41, 5.74) is 1.28. The number of ether oxygens (including phenoxy) is 1. The first-order valence-corrected chi connectivity index (χ1v) is 9.74. The molecule has 2 aliphatic rings. The van der Waals surface area contributed by atoms with E-state index in [9.17, 15) is 18.0 Å². The molecule has 2 unspecified atom stereocenters. The van der Waals surface area contributed by atoms with Gasteiger partial charge in [0.2, 0.25) is 10.0 Å². The predicted molar refractivity (Wildman–Crippen MR) is 86.9 cm³/mol. The van der Waals surface area contributed by atoms with Gasteiger partial charge in [-0.15, -0.1) is 0 Å². The first kappa shape index (κ1) is 16.9. The second-order valence-corrected chi connectivity index (χ2v) is 8.21. The third-order valence-corrected chi connectivity index (χ3v) is 5.65. The van der Waals surface area contributed by atoms with Gasteiger partial charge >= 0.3 is 5.97 Å². The topological polar surface area (TPSA) is 92.8 Å². The summed E-state index contributed by atoms with van der Waals surface area (Å²) < 4.78 is 29.9. The van der Waals surface area contributed by atoms with Gasteiger partial charge in [-0.3, -0.25) is 4.79 Å². The van der Waals surface area contributed by atoms with Crippen LogP contribution < -0.4 is 5.32 Å². The van der Waals surface area contributed by atoms with E-state index in [2.05, 4.69) is 5.32 Å². The Hall–Kier alpha value is -1.93. The molecule has 0 bridgehead atoms. The Morgan fingerprint density at radius 1 is 1.33 bits per heavy atom. The third-order valence-electron chi connectivity index (χ3n) is 4.38. The molecule has 2 heterocycles. The number of carbonyl (C=O) groups is 2. The van der Waals surface area contributed by atoms with Crippen LogP contribution in [0.2, 0.25) is 0 Å². The summed E-state index contributed by atoms with van der Waals surface area (Å²) >= 11 is 0. The van der Waals surface area contributed by atoms with Gasteiger partial charge < -0.3 is 10.1 Å². The second-order valence-electron chi connectivity index (χ2n) is 6.22. The van der Waals surface area contributed by atoms with E-state index in [1.807, 2.05) is 12.1 Å². The molecule has 1 saturated heterocycles. The first-order chi connectivity index (χ1) is 11.3. The number of rotatable bonds is 3. The maximum atomic E-state index is 12.4. The van der Waals surface area contributed by atoms with Crippen molar-refractivity contribution in [2.24, 2.45) is 0 Å². The molecule has 0 radical (unpaired) electrons. The highest BCUT2D eigenvalue weighted by molar-refractivity contribution is 7.88. The highest BCUT2D eigenvalue weighted by atomic mass is 32.2.